The number of ether oxygens (including phenoxy) is 4. The maximum atomic E-state index is 11.9. The predicted octanol–water partition coefficient (Wildman–Crippen LogP) is 5.52. The minimum Gasteiger partial charge on any atom is -0.434 e. The second-order valence-corrected chi connectivity index (χ2v) is 7.39. The van der Waals surface area contributed by atoms with Crippen molar-refractivity contribution < 1.29 is 28.5 Å². The Morgan fingerprint density at radius 3 is 1.92 bits per heavy atom. The Hall–Kier alpha value is -1.46. The number of hydrogen-bond donors (Lipinski definition) is 0. The van der Waals surface area contributed by atoms with Crippen LogP contribution in [-0.4, -0.2) is 37.2 Å². The summed E-state index contributed by atoms with van der Waals surface area (Å²) >= 11 is 0. The lowest BCUT2D eigenvalue weighted by Crippen LogP contribution is -2.25. The van der Waals surface area contributed by atoms with Crippen LogP contribution in [0.1, 0.15) is 90.4 Å². The summed E-state index contributed by atoms with van der Waals surface area (Å²) in [7, 11) is 0. The van der Waals surface area contributed by atoms with Crippen molar-refractivity contribution in [3.63, 3.8) is 0 Å². The van der Waals surface area contributed by atoms with Gasteiger partial charge in [-0.15, -0.1) is 0 Å². The molecule has 0 aromatic rings. The molecule has 1 atom stereocenters. The fourth-order valence-corrected chi connectivity index (χ4v) is 3.65. The second kappa shape index (κ2) is 12.0. The molecule has 2 fully saturated rings. The van der Waals surface area contributed by atoms with Crippen LogP contribution in [0.15, 0.2) is 0 Å². The molecular weight excluding hydrogens is 336 g/mol. The highest BCUT2D eigenvalue weighted by molar-refractivity contribution is 5.60. The van der Waals surface area contributed by atoms with Gasteiger partial charge in [-0.1, -0.05) is 19.8 Å². The van der Waals surface area contributed by atoms with Crippen molar-refractivity contribution in [1.82, 2.24) is 0 Å². The van der Waals surface area contributed by atoms with E-state index in [0.29, 0.717) is 19.3 Å². The third-order valence-electron chi connectivity index (χ3n) is 5.24. The fourth-order valence-electron chi connectivity index (χ4n) is 3.65. The predicted molar refractivity (Wildman–Crippen MR) is 97.1 cm³/mol. The Morgan fingerprint density at radius 1 is 0.846 bits per heavy atom. The zero-order chi connectivity index (χ0) is 18.6. The van der Waals surface area contributed by atoms with Gasteiger partial charge in [-0.25, -0.2) is 9.59 Å². The highest BCUT2D eigenvalue weighted by Crippen LogP contribution is 2.22. The Labute approximate surface area is 156 Å². The Bertz CT molecular complexity index is 413. The van der Waals surface area contributed by atoms with Crippen LogP contribution < -0.4 is 0 Å². The standard InChI is InChI=1S/C20H34O6/c1-2-16(24-20(22)26-18-12-7-4-8-13-18)14-9-15-23-19(21)25-17-10-5-3-6-11-17/h16-18H,2-15H2,1H3. The molecule has 0 amide bonds. The van der Waals surface area contributed by atoms with Crippen LogP contribution in [0.2, 0.25) is 0 Å². The van der Waals surface area contributed by atoms with Crippen molar-refractivity contribution in [3.05, 3.63) is 0 Å². The lowest BCUT2D eigenvalue weighted by atomic mass is 9.98. The lowest BCUT2D eigenvalue weighted by molar-refractivity contribution is -0.0175. The molecule has 6 nitrogen and oxygen atoms in total. The van der Waals surface area contributed by atoms with Gasteiger partial charge in [0.25, 0.3) is 0 Å². The number of rotatable bonds is 8. The molecule has 1 unspecified atom stereocenters. The van der Waals surface area contributed by atoms with Gasteiger partial charge in [-0.3, -0.25) is 0 Å². The van der Waals surface area contributed by atoms with E-state index in [-0.39, 0.29) is 24.9 Å². The maximum absolute atomic E-state index is 11.9. The van der Waals surface area contributed by atoms with Gasteiger partial charge in [0.2, 0.25) is 0 Å². The zero-order valence-corrected chi connectivity index (χ0v) is 16.1. The van der Waals surface area contributed by atoms with Crippen molar-refractivity contribution in [2.75, 3.05) is 6.61 Å². The molecule has 0 bridgehead atoms. The molecule has 0 aliphatic heterocycles. The van der Waals surface area contributed by atoms with E-state index in [1.165, 1.54) is 12.8 Å². The van der Waals surface area contributed by atoms with Gasteiger partial charge in [0.1, 0.15) is 18.3 Å². The highest BCUT2D eigenvalue weighted by atomic mass is 16.7. The van der Waals surface area contributed by atoms with E-state index in [0.717, 1.165) is 51.4 Å². The van der Waals surface area contributed by atoms with E-state index >= 15 is 0 Å². The molecule has 2 aliphatic carbocycles. The van der Waals surface area contributed by atoms with Crippen LogP contribution >= 0.6 is 0 Å². The molecule has 150 valence electrons. The summed E-state index contributed by atoms with van der Waals surface area (Å²) in [5, 5.41) is 0. The molecule has 26 heavy (non-hydrogen) atoms. The molecule has 0 radical (unpaired) electrons. The van der Waals surface area contributed by atoms with Crippen molar-refractivity contribution >= 4 is 12.3 Å². The Balaban J connectivity index is 1.54. The van der Waals surface area contributed by atoms with Crippen LogP contribution in [0.25, 0.3) is 0 Å². The summed E-state index contributed by atoms with van der Waals surface area (Å²) < 4.78 is 21.2. The lowest BCUT2D eigenvalue weighted by Gasteiger charge is -2.23. The average Bonchev–Trinajstić information content (AvgIpc) is 2.65. The first-order valence-electron chi connectivity index (χ1n) is 10.4. The van der Waals surface area contributed by atoms with Gasteiger partial charge in [0.15, 0.2) is 0 Å². The summed E-state index contributed by atoms with van der Waals surface area (Å²) in [6.45, 7) is 2.25. The van der Waals surface area contributed by atoms with E-state index in [1.54, 1.807) is 0 Å². The van der Waals surface area contributed by atoms with Crippen LogP contribution in [-0.2, 0) is 18.9 Å². The molecule has 0 aromatic heterocycles. The van der Waals surface area contributed by atoms with E-state index in [9.17, 15) is 9.59 Å². The summed E-state index contributed by atoms with van der Waals surface area (Å²) in [4.78, 5) is 23.6. The van der Waals surface area contributed by atoms with Gasteiger partial charge in [-0.2, -0.15) is 0 Å². The third kappa shape index (κ3) is 8.28. The van der Waals surface area contributed by atoms with Crippen LogP contribution in [0.3, 0.4) is 0 Å². The highest BCUT2D eigenvalue weighted by Gasteiger charge is 2.21. The van der Waals surface area contributed by atoms with Gasteiger partial charge in [-0.05, 0) is 70.6 Å². The van der Waals surface area contributed by atoms with E-state index < -0.39 is 12.3 Å². The zero-order valence-electron chi connectivity index (χ0n) is 16.1. The van der Waals surface area contributed by atoms with Crippen LogP contribution in [0.5, 0.6) is 0 Å². The Kier molecular flexibility index (Phi) is 9.64. The first kappa shape index (κ1) is 20.8. The first-order chi connectivity index (χ1) is 12.7. The Morgan fingerprint density at radius 2 is 1.38 bits per heavy atom. The molecule has 2 rings (SSSR count). The average molecular weight is 370 g/mol. The van der Waals surface area contributed by atoms with Crippen LogP contribution in [0.4, 0.5) is 9.59 Å². The minimum atomic E-state index is -0.581. The SMILES string of the molecule is CCC(CCCOC(=O)OC1CCCCC1)OC(=O)OC1CCCCC1. The molecular formula is C20H34O6. The van der Waals surface area contributed by atoms with Crippen molar-refractivity contribution in [1.29, 1.82) is 0 Å². The van der Waals surface area contributed by atoms with Crippen molar-refractivity contribution in [2.45, 2.75) is 109 Å². The third-order valence-corrected chi connectivity index (χ3v) is 5.24. The number of hydrogen-bond acceptors (Lipinski definition) is 6. The van der Waals surface area contributed by atoms with Gasteiger partial charge in [0, 0.05) is 0 Å². The summed E-state index contributed by atoms with van der Waals surface area (Å²) in [5.74, 6) is 0. The molecule has 0 spiro atoms. The van der Waals surface area contributed by atoms with Crippen molar-refractivity contribution in [3.8, 4) is 0 Å². The minimum absolute atomic E-state index is 0.00615. The first-order valence-corrected chi connectivity index (χ1v) is 10.4. The molecule has 6 heteroatoms. The van der Waals surface area contributed by atoms with E-state index in [2.05, 4.69) is 0 Å². The smallest absolute Gasteiger partial charge is 0.434 e. The largest absolute Gasteiger partial charge is 0.508 e. The molecule has 0 aromatic carbocycles. The molecule has 0 heterocycles. The van der Waals surface area contributed by atoms with Crippen LogP contribution in [0, 0.1) is 0 Å². The van der Waals surface area contributed by atoms with Gasteiger partial charge < -0.3 is 18.9 Å². The number of carbonyl (C=O) groups is 2. The molecule has 2 saturated carbocycles. The van der Waals surface area contributed by atoms with Gasteiger partial charge >= 0.3 is 12.3 Å². The summed E-state index contributed by atoms with van der Waals surface area (Å²) in [6.07, 6.45) is 11.3. The van der Waals surface area contributed by atoms with Gasteiger partial charge in [0.05, 0.1) is 6.61 Å². The van der Waals surface area contributed by atoms with E-state index in [1.807, 2.05) is 6.92 Å². The number of carbonyl (C=O) groups excluding carboxylic acids is 2. The maximum Gasteiger partial charge on any atom is 0.508 e. The van der Waals surface area contributed by atoms with Crippen molar-refractivity contribution in [2.24, 2.45) is 0 Å². The molecule has 0 saturated heterocycles. The topological polar surface area (TPSA) is 71.1 Å². The summed E-state index contributed by atoms with van der Waals surface area (Å²) in [5.41, 5.74) is 0. The monoisotopic (exact) mass is 370 g/mol. The quantitative estimate of drug-likeness (QED) is 0.414. The normalized spacial score (nSPS) is 20.2. The molecule has 0 N–H and O–H groups in total. The molecule has 2 aliphatic rings. The summed E-state index contributed by atoms with van der Waals surface area (Å²) in [6, 6.07) is 0. The fraction of sp³-hybridized carbons (Fsp3) is 0.900. The van der Waals surface area contributed by atoms with E-state index in [4.69, 9.17) is 18.9 Å². The second-order valence-electron chi connectivity index (χ2n) is 7.39.